The molecule has 134 valence electrons. The van der Waals surface area contributed by atoms with Gasteiger partial charge in [0.1, 0.15) is 0 Å². The van der Waals surface area contributed by atoms with E-state index in [-0.39, 0.29) is 11.9 Å². The Morgan fingerprint density at radius 1 is 1.12 bits per heavy atom. The number of aromatic nitrogens is 2. The third-order valence-corrected chi connectivity index (χ3v) is 4.20. The molecule has 0 aliphatic heterocycles. The minimum Gasteiger partial charge on any atom is -0.348 e. The number of likely N-dealkylation sites (N-methyl/N-ethyl adjacent to an activating group) is 1. The highest BCUT2D eigenvalue weighted by atomic mass is 16.2. The zero-order valence-electron chi connectivity index (χ0n) is 15.2. The van der Waals surface area contributed by atoms with E-state index < -0.39 is 0 Å². The van der Waals surface area contributed by atoms with Crippen LogP contribution in [-0.2, 0) is 11.3 Å². The molecule has 5 nitrogen and oxygen atoms in total. The van der Waals surface area contributed by atoms with Crippen molar-refractivity contribution in [3.8, 4) is 5.69 Å². The van der Waals surface area contributed by atoms with E-state index in [9.17, 15) is 4.79 Å². The number of rotatable bonds is 7. The van der Waals surface area contributed by atoms with E-state index in [0.717, 1.165) is 16.8 Å². The summed E-state index contributed by atoms with van der Waals surface area (Å²) in [4.78, 5) is 14.3. The first-order chi connectivity index (χ1) is 12.6. The lowest BCUT2D eigenvalue weighted by molar-refractivity contribution is -0.122. The van der Waals surface area contributed by atoms with Crippen LogP contribution < -0.4 is 5.32 Å². The molecule has 26 heavy (non-hydrogen) atoms. The van der Waals surface area contributed by atoms with Gasteiger partial charge in [0.15, 0.2) is 0 Å². The average molecular weight is 348 g/mol. The van der Waals surface area contributed by atoms with Crippen molar-refractivity contribution in [2.75, 3.05) is 13.6 Å². The van der Waals surface area contributed by atoms with E-state index in [4.69, 9.17) is 0 Å². The molecule has 0 aliphatic rings. The zero-order chi connectivity index (χ0) is 18.4. The minimum atomic E-state index is -0.00192. The maximum atomic E-state index is 12.3. The van der Waals surface area contributed by atoms with Gasteiger partial charge in [0.25, 0.3) is 0 Å². The van der Waals surface area contributed by atoms with Crippen LogP contribution in [0.3, 0.4) is 0 Å². The predicted molar refractivity (Wildman–Crippen MR) is 103 cm³/mol. The molecular formula is C21H24N4O. The van der Waals surface area contributed by atoms with Crippen LogP contribution in [0.2, 0.25) is 0 Å². The van der Waals surface area contributed by atoms with Crippen molar-refractivity contribution in [1.82, 2.24) is 20.0 Å². The maximum Gasteiger partial charge on any atom is 0.234 e. The molecule has 0 fully saturated rings. The van der Waals surface area contributed by atoms with Crippen LogP contribution in [0, 0.1) is 0 Å². The second-order valence-corrected chi connectivity index (χ2v) is 6.50. The largest absolute Gasteiger partial charge is 0.348 e. The topological polar surface area (TPSA) is 50.2 Å². The van der Waals surface area contributed by atoms with Gasteiger partial charge >= 0.3 is 0 Å². The second-order valence-electron chi connectivity index (χ2n) is 6.50. The molecular weight excluding hydrogens is 324 g/mol. The number of para-hydroxylation sites is 1. The first-order valence-electron chi connectivity index (χ1n) is 8.73. The van der Waals surface area contributed by atoms with Crippen molar-refractivity contribution >= 4 is 5.91 Å². The fourth-order valence-corrected chi connectivity index (χ4v) is 2.89. The summed E-state index contributed by atoms with van der Waals surface area (Å²) >= 11 is 0. The lowest BCUT2D eigenvalue weighted by atomic mass is 10.1. The molecule has 0 aliphatic carbocycles. The second kappa shape index (κ2) is 8.45. The van der Waals surface area contributed by atoms with Crippen molar-refractivity contribution < 1.29 is 4.79 Å². The van der Waals surface area contributed by atoms with E-state index in [0.29, 0.717) is 13.1 Å². The van der Waals surface area contributed by atoms with E-state index in [1.807, 2.05) is 96.6 Å². The maximum absolute atomic E-state index is 12.3. The fourth-order valence-electron chi connectivity index (χ4n) is 2.89. The average Bonchev–Trinajstić information content (AvgIpc) is 3.11. The SMILES string of the molecule is CC(NC(=O)CN(C)Cc1cnn(-c2ccccc2)c1)c1ccccc1. The molecule has 3 aromatic rings. The number of hydrogen-bond donors (Lipinski definition) is 1. The third kappa shape index (κ3) is 4.80. The summed E-state index contributed by atoms with van der Waals surface area (Å²) < 4.78 is 1.85. The highest BCUT2D eigenvalue weighted by Crippen LogP contribution is 2.11. The Kier molecular flexibility index (Phi) is 5.81. The molecule has 1 atom stereocenters. The summed E-state index contributed by atoms with van der Waals surface area (Å²) in [6.07, 6.45) is 3.84. The van der Waals surface area contributed by atoms with Gasteiger partial charge in [0, 0.05) is 18.3 Å². The summed E-state index contributed by atoms with van der Waals surface area (Å²) in [5.74, 6) is 0.0132. The fraction of sp³-hybridized carbons (Fsp3) is 0.238. The number of benzene rings is 2. The Labute approximate surface area is 154 Å². The van der Waals surface area contributed by atoms with Crippen molar-refractivity contribution in [1.29, 1.82) is 0 Å². The molecule has 0 saturated carbocycles. The highest BCUT2D eigenvalue weighted by Gasteiger charge is 2.12. The van der Waals surface area contributed by atoms with E-state index in [1.54, 1.807) is 0 Å². The predicted octanol–water partition coefficient (Wildman–Crippen LogP) is 3.18. The van der Waals surface area contributed by atoms with Gasteiger partial charge in [-0.1, -0.05) is 48.5 Å². The lowest BCUT2D eigenvalue weighted by Crippen LogP contribution is -2.36. The first-order valence-corrected chi connectivity index (χ1v) is 8.73. The molecule has 0 saturated heterocycles. The van der Waals surface area contributed by atoms with Crippen molar-refractivity contribution in [2.45, 2.75) is 19.5 Å². The summed E-state index contributed by atoms with van der Waals surface area (Å²) in [7, 11) is 1.94. The van der Waals surface area contributed by atoms with E-state index in [2.05, 4.69) is 10.4 Å². The van der Waals surface area contributed by atoms with E-state index in [1.165, 1.54) is 0 Å². The Morgan fingerprint density at radius 3 is 2.46 bits per heavy atom. The number of nitrogens with zero attached hydrogens (tertiary/aromatic N) is 3. The summed E-state index contributed by atoms with van der Waals surface area (Å²) in [6, 6.07) is 20.0. The van der Waals surface area contributed by atoms with Gasteiger partial charge in [-0.2, -0.15) is 5.10 Å². The van der Waals surface area contributed by atoms with Gasteiger partial charge in [0.2, 0.25) is 5.91 Å². The van der Waals surface area contributed by atoms with Gasteiger partial charge in [-0.3, -0.25) is 9.69 Å². The highest BCUT2D eigenvalue weighted by molar-refractivity contribution is 5.78. The third-order valence-electron chi connectivity index (χ3n) is 4.20. The Balaban J connectivity index is 1.52. The van der Waals surface area contributed by atoms with Crippen molar-refractivity contribution in [2.24, 2.45) is 0 Å². The molecule has 1 N–H and O–H groups in total. The van der Waals surface area contributed by atoms with Crippen LogP contribution >= 0.6 is 0 Å². The Hall–Kier alpha value is -2.92. The molecule has 0 radical (unpaired) electrons. The standard InChI is InChI=1S/C21H24N4O/c1-17(19-9-5-3-6-10-19)23-21(26)16-24(2)14-18-13-22-25(15-18)20-11-7-4-8-12-20/h3-13,15,17H,14,16H2,1-2H3,(H,23,26). The zero-order valence-corrected chi connectivity index (χ0v) is 15.2. The molecule has 0 spiro atoms. The van der Waals surface area contributed by atoms with Gasteiger partial charge in [0.05, 0.1) is 24.5 Å². The Morgan fingerprint density at radius 2 is 1.77 bits per heavy atom. The van der Waals surface area contributed by atoms with Crippen molar-refractivity contribution in [3.63, 3.8) is 0 Å². The molecule has 3 rings (SSSR count). The minimum absolute atomic E-state index is 0.00192. The number of carbonyl (C=O) groups is 1. The van der Waals surface area contributed by atoms with Crippen LogP contribution in [0.1, 0.15) is 24.1 Å². The normalized spacial score (nSPS) is 12.1. The summed E-state index contributed by atoms with van der Waals surface area (Å²) in [5.41, 5.74) is 3.20. The first kappa shape index (κ1) is 17.9. The number of amides is 1. The number of nitrogens with one attached hydrogen (secondary N) is 1. The van der Waals surface area contributed by atoms with Crippen molar-refractivity contribution in [3.05, 3.63) is 84.2 Å². The molecule has 5 heteroatoms. The van der Waals surface area contributed by atoms with Gasteiger partial charge in [-0.25, -0.2) is 4.68 Å². The molecule has 1 unspecified atom stereocenters. The Bertz CT molecular complexity index is 829. The van der Waals surface area contributed by atoms with Crippen LogP contribution in [0.15, 0.2) is 73.1 Å². The number of carbonyl (C=O) groups excluding carboxylic acids is 1. The number of hydrogen-bond acceptors (Lipinski definition) is 3. The van der Waals surface area contributed by atoms with Crippen LogP contribution in [-0.4, -0.2) is 34.2 Å². The van der Waals surface area contributed by atoms with Crippen LogP contribution in [0.5, 0.6) is 0 Å². The van der Waals surface area contributed by atoms with Crippen LogP contribution in [0.25, 0.3) is 5.69 Å². The quantitative estimate of drug-likeness (QED) is 0.713. The molecule has 1 heterocycles. The summed E-state index contributed by atoms with van der Waals surface area (Å²) in [6.45, 7) is 3.00. The van der Waals surface area contributed by atoms with Gasteiger partial charge < -0.3 is 5.32 Å². The lowest BCUT2D eigenvalue weighted by Gasteiger charge is -2.18. The molecule has 1 aromatic heterocycles. The smallest absolute Gasteiger partial charge is 0.234 e. The van der Waals surface area contributed by atoms with Crippen LogP contribution in [0.4, 0.5) is 0 Å². The van der Waals surface area contributed by atoms with E-state index >= 15 is 0 Å². The molecule has 2 aromatic carbocycles. The monoisotopic (exact) mass is 348 g/mol. The van der Waals surface area contributed by atoms with Gasteiger partial charge in [-0.05, 0) is 31.7 Å². The molecule has 1 amide bonds. The van der Waals surface area contributed by atoms with Gasteiger partial charge in [-0.15, -0.1) is 0 Å². The summed E-state index contributed by atoms with van der Waals surface area (Å²) in [5, 5.41) is 7.44. The molecule has 0 bridgehead atoms.